The average molecular weight is 188 g/mol. The van der Waals surface area contributed by atoms with Crippen molar-refractivity contribution in [3.63, 3.8) is 0 Å². The Morgan fingerprint density at radius 2 is 2.15 bits per heavy atom. The van der Waals surface area contributed by atoms with Gasteiger partial charge in [0, 0.05) is 20.1 Å². The van der Waals surface area contributed by atoms with Crippen molar-refractivity contribution in [3.05, 3.63) is 0 Å². The molecule has 0 saturated heterocycles. The molecule has 0 radical (unpaired) electrons. The number of carbonyl (C=O) groups excluding carboxylic acids is 1. The van der Waals surface area contributed by atoms with Gasteiger partial charge >= 0.3 is 0 Å². The lowest BCUT2D eigenvalue weighted by Gasteiger charge is -2.30. The van der Waals surface area contributed by atoms with Gasteiger partial charge in [0.2, 0.25) is 5.91 Å². The van der Waals surface area contributed by atoms with Gasteiger partial charge in [-0.1, -0.05) is 6.92 Å². The smallest absolute Gasteiger partial charge is 0.229 e. The molecule has 0 aromatic rings. The zero-order chi connectivity index (χ0) is 10.5. The summed E-state index contributed by atoms with van der Waals surface area (Å²) in [6.07, 6.45) is 0.720. The van der Waals surface area contributed by atoms with Crippen molar-refractivity contribution in [3.8, 4) is 0 Å². The van der Waals surface area contributed by atoms with Crippen molar-refractivity contribution in [2.75, 3.05) is 26.7 Å². The maximum absolute atomic E-state index is 11.8. The monoisotopic (exact) mass is 188 g/mol. The number of aliphatic hydroxyl groups excluding tert-OH is 1. The van der Waals surface area contributed by atoms with Gasteiger partial charge in [-0.15, -0.1) is 0 Å². The van der Waals surface area contributed by atoms with E-state index in [4.69, 9.17) is 10.8 Å². The summed E-state index contributed by atoms with van der Waals surface area (Å²) < 4.78 is 0. The molecule has 4 heteroatoms. The largest absolute Gasteiger partial charge is 0.395 e. The van der Waals surface area contributed by atoms with Crippen LogP contribution in [0.5, 0.6) is 0 Å². The summed E-state index contributed by atoms with van der Waals surface area (Å²) in [6.45, 7) is 4.50. The third-order valence-corrected chi connectivity index (χ3v) is 2.53. The lowest BCUT2D eigenvalue weighted by atomic mass is 9.86. The zero-order valence-corrected chi connectivity index (χ0v) is 8.71. The Hall–Kier alpha value is -0.610. The van der Waals surface area contributed by atoms with E-state index in [2.05, 4.69) is 0 Å². The van der Waals surface area contributed by atoms with Crippen LogP contribution in [0.2, 0.25) is 0 Å². The number of likely N-dealkylation sites (N-methyl/N-ethyl adjacent to an activating group) is 1. The van der Waals surface area contributed by atoms with Gasteiger partial charge in [0.05, 0.1) is 12.0 Å². The molecule has 0 aliphatic carbocycles. The van der Waals surface area contributed by atoms with Gasteiger partial charge in [-0.25, -0.2) is 0 Å². The van der Waals surface area contributed by atoms with E-state index >= 15 is 0 Å². The van der Waals surface area contributed by atoms with Gasteiger partial charge in [-0.05, 0) is 13.3 Å². The maximum Gasteiger partial charge on any atom is 0.229 e. The molecule has 0 spiro atoms. The highest BCUT2D eigenvalue weighted by Gasteiger charge is 2.31. The highest BCUT2D eigenvalue weighted by molar-refractivity contribution is 5.82. The van der Waals surface area contributed by atoms with Crippen LogP contribution >= 0.6 is 0 Å². The minimum absolute atomic E-state index is 0.00606. The number of nitrogens with two attached hydrogens (primary N) is 1. The summed E-state index contributed by atoms with van der Waals surface area (Å²) in [6, 6.07) is 0. The highest BCUT2D eigenvalue weighted by atomic mass is 16.3. The van der Waals surface area contributed by atoms with E-state index in [1.807, 2.05) is 13.8 Å². The highest BCUT2D eigenvalue weighted by Crippen LogP contribution is 2.21. The van der Waals surface area contributed by atoms with Gasteiger partial charge in [0.1, 0.15) is 0 Å². The normalized spacial score (nSPS) is 15.2. The number of hydrogen-bond acceptors (Lipinski definition) is 3. The van der Waals surface area contributed by atoms with Gasteiger partial charge < -0.3 is 15.7 Å². The number of hydrogen-bond donors (Lipinski definition) is 2. The van der Waals surface area contributed by atoms with Crippen molar-refractivity contribution in [1.29, 1.82) is 0 Å². The van der Waals surface area contributed by atoms with Crippen LogP contribution in [0.25, 0.3) is 0 Å². The molecule has 0 heterocycles. The molecule has 0 bridgehead atoms. The summed E-state index contributed by atoms with van der Waals surface area (Å²) in [5, 5.41) is 8.67. The molecule has 0 fully saturated rings. The predicted octanol–water partition coefficient (Wildman–Crippen LogP) is -0.188. The molecule has 0 aliphatic heterocycles. The average Bonchev–Trinajstić information content (AvgIpc) is 2.16. The van der Waals surface area contributed by atoms with Gasteiger partial charge in [-0.3, -0.25) is 4.79 Å². The number of amides is 1. The Morgan fingerprint density at radius 1 is 1.62 bits per heavy atom. The molecular weight excluding hydrogens is 168 g/mol. The molecule has 0 saturated carbocycles. The van der Waals surface area contributed by atoms with E-state index < -0.39 is 5.41 Å². The fraction of sp³-hybridized carbons (Fsp3) is 0.889. The molecule has 1 atom stereocenters. The lowest BCUT2D eigenvalue weighted by molar-refractivity contribution is -0.140. The van der Waals surface area contributed by atoms with E-state index in [1.54, 1.807) is 7.05 Å². The Morgan fingerprint density at radius 3 is 2.46 bits per heavy atom. The lowest BCUT2D eigenvalue weighted by Crippen LogP contribution is -2.45. The first kappa shape index (κ1) is 12.4. The van der Waals surface area contributed by atoms with E-state index in [9.17, 15) is 4.79 Å². The predicted molar refractivity (Wildman–Crippen MR) is 52.2 cm³/mol. The Labute approximate surface area is 79.7 Å². The number of aliphatic hydroxyl groups is 1. The quantitative estimate of drug-likeness (QED) is 0.628. The molecule has 1 unspecified atom stereocenters. The van der Waals surface area contributed by atoms with Crippen LogP contribution in [0.4, 0.5) is 0 Å². The molecule has 0 aliphatic rings. The first-order valence-corrected chi connectivity index (χ1v) is 4.58. The molecule has 1 amide bonds. The topological polar surface area (TPSA) is 66.6 Å². The second kappa shape index (κ2) is 5.19. The zero-order valence-electron chi connectivity index (χ0n) is 8.71. The van der Waals surface area contributed by atoms with Crippen molar-refractivity contribution < 1.29 is 9.90 Å². The SMILES string of the molecule is CCC(C)(CN)C(=O)N(C)CCO. The molecule has 78 valence electrons. The Bertz CT molecular complexity index is 167. The molecule has 13 heavy (non-hydrogen) atoms. The molecule has 0 aromatic carbocycles. The first-order chi connectivity index (χ1) is 6.01. The minimum Gasteiger partial charge on any atom is -0.395 e. The fourth-order valence-electron chi connectivity index (χ4n) is 1.10. The molecule has 4 nitrogen and oxygen atoms in total. The summed E-state index contributed by atoms with van der Waals surface area (Å²) in [4.78, 5) is 13.3. The van der Waals surface area contributed by atoms with Crippen molar-refractivity contribution in [2.24, 2.45) is 11.1 Å². The van der Waals surface area contributed by atoms with E-state index in [0.717, 1.165) is 6.42 Å². The van der Waals surface area contributed by atoms with Crippen LogP contribution in [0, 0.1) is 5.41 Å². The molecular formula is C9H20N2O2. The van der Waals surface area contributed by atoms with E-state index in [0.29, 0.717) is 13.1 Å². The van der Waals surface area contributed by atoms with Crippen molar-refractivity contribution in [2.45, 2.75) is 20.3 Å². The van der Waals surface area contributed by atoms with Crippen molar-refractivity contribution in [1.82, 2.24) is 4.90 Å². The van der Waals surface area contributed by atoms with Gasteiger partial charge in [-0.2, -0.15) is 0 Å². The second-order valence-corrected chi connectivity index (χ2v) is 3.57. The Kier molecular flexibility index (Phi) is 4.95. The summed E-state index contributed by atoms with van der Waals surface area (Å²) in [7, 11) is 1.68. The summed E-state index contributed by atoms with van der Waals surface area (Å²) >= 11 is 0. The fourth-order valence-corrected chi connectivity index (χ4v) is 1.10. The summed E-state index contributed by atoms with van der Waals surface area (Å²) in [5.41, 5.74) is 5.06. The third-order valence-electron chi connectivity index (χ3n) is 2.53. The van der Waals surface area contributed by atoms with Crippen molar-refractivity contribution >= 4 is 5.91 Å². The van der Waals surface area contributed by atoms with Crippen LogP contribution in [-0.4, -0.2) is 42.7 Å². The number of rotatable bonds is 5. The van der Waals surface area contributed by atoms with Crippen LogP contribution in [0.3, 0.4) is 0 Å². The van der Waals surface area contributed by atoms with Crippen LogP contribution in [0.1, 0.15) is 20.3 Å². The molecule has 0 aromatic heterocycles. The molecule has 0 rings (SSSR count). The van der Waals surface area contributed by atoms with E-state index in [-0.39, 0.29) is 12.5 Å². The standard InChI is InChI=1S/C9H20N2O2/c1-4-9(2,7-10)8(13)11(3)5-6-12/h12H,4-7,10H2,1-3H3. The van der Waals surface area contributed by atoms with Crippen LogP contribution in [0.15, 0.2) is 0 Å². The molecule has 3 N–H and O–H groups in total. The van der Waals surface area contributed by atoms with E-state index in [1.165, 1.54) is 4.90 Å². The maximum atomic E-state index is 11.8. The third kappa shape index (κ3) is 2.97. The second-order valence-electron chi connectivity index (χ2n) is 3.57. The Balaban J connectivity index is 4.37. The van der Waals surface area contributed by atoms with Gasteiger partial charge in [0.15, 0.2) is 0 Å². The number of carbonyl (C=O) groups is 1. The van der Waals surface area contributed by atoms with Crippen LogP contribution in [-0.2, 0) is 4.79 Å². The van der Waals surface area contributed by atoms with Crippen LogP contribution < -0.4 is 5.73 Å². The summed E-state index contributed by atoms with van der Waals surface area (Å²) in [5.74, 6) is 0.00606. The van der Waals surface area contributed by atoms with Gasteiger partial charge in [0.25, 0.3) is 0 Å². The minimum atomic E-state index is -0.482. The number of nitrogens with zero attached hydrogens (tertiary/aromatic N) is 1. The first-order valence-electron chi connectivity index (χ1n) is 4.58.